The molecule has 0 radical (unpaired) electrons. The molecule has 0 fully saturated rings. The molecule has 0 bridgehead atoms. The van der Waals surface area contributed by atoms with Gasteiger partial charge in [0.25, 0.3) is 0 Å². The number of sulfonamides is 1. The van der Waals surface area contributed by atoms with Crippen LogP contribution in [0.4, 0.5) is 15.9 Å². The average Bonchev–Trinajstić information content (AvgIpc) is 3.02. The van der Waals surface area contributed by atoms with Crippen molar-refractivity contribution in [3.05, 3.63) is 47.7 Å². The van der Waals surface area contributed by atoms with Crippen LogP contribution in [0.2, 0.25) is 0 Å². The molecule has 2 heterocycles. The van der Waals surface area contributed by atoms with Crippen molar-refractivity contribution in [2.45, 2.75) is 19.9 Å². The molecular weight excluding hydrogens is 381 g/mol. The van der Waals surface area contributed by atoms with Gasteiger partial charge in [0.1, 0.15) is 17.2 Å². The molecule has 9 heteroatoms. The molecule has 150 valence electrons. The number of rotatable bonds is 6. The van der Waals surface area contributed by atoms with Gasteiger partial charge in [-0.25, -0.2) is 27.1 Å². The Morgan fingerprint density at radius 1 is 1.14 bits per heavy atom. The zero-order chi connectivity index (χ0) is 20.6. The fraction of sp³-hybridized carbons (Fsp3) is 0.368. The smallest absolute Gasteiger partial charge is 0.211 e. The van der Waals surface area contributed by atoms with Crippen LogP contribution in [0, 0.1) is 5.82 Å². The molecule has 0 aliphatic heterocycles. The Bertz CT molecular complexity index is 1130. The van der Waals surface area contributed by atoms with Crippen molar-refractivity contribution in [3.63, 3.8) is 0 Å². The first-order valence-electron chi connectivity index (χ1n) is 8.85. The minimum absolute atomic E-state index is 0.0130. The van der Waals surface area contributed by atoms with E-state index in [0.29, 0.717) is 23.5 Å². The van der Waals surface area contributed by atoms with E-state index in [1.54, 1.807) is 18.6 Å². The lowest BCUT2D eigenvalue weighted by Gasteiger charge is -2.23. The highest BCUT2D eigenvalue weighted by Crippen LogP contribution is 2.30. The maximum absolute atomic E-state index is 14.8. The Morgan fingerprint density at radius 2 is 1.86 bits per heavy atom. The number of hydrogen-bond donors (Lipinski definition) is 0. The zero-order valence-electron chi connectivity index (χ0n) is 16.6. The number of nitrogens with zero attached hydrogens (tertiary/aromatic N) is 5. The van der Waals surface area contributed by atoms with Crippen molar-refractivity contribution >= 4 is 32.6 Å². The summed E-state index contributed by atoms with van der Waals surface area (Å²) in [5.41, 5.74) is 3.67. The van der Waals surface area contributed by atoms with Crippen LogP contribution in [0.1, 0.15) is 18.1 Å². The molecule has 0 spiro atoms. The molecule has 0 amide bonds. The second kappa shape index (κ2) is 7.48. The topological polar surface area (TPSA) is 71.3 Å². The third-order valence-corrected chi connectivity index (χ3v) is 6.15. The van der Waals surface area contributed by atoms with Crippen molar-refractivity contribution < 1.29 is 12.8 Å². The number of anilines is 2. The Labute approximate surface area is 164 Å². The Balaban J connectivity index is 2.00. The quantitative estimate of drug-likeness (QED) is 0.631. The molecule has 0 unspecified atom stereocenters. The van der Waals surface area contributed by atoms with E-state index >= 15 is 0 Å². The predicted molar refractivity (Wildman–Crippen MR) is 109 cm³/mol. The van der Waals surface area contributed by atoms with Crippen LogP contribution >= 0.6 is 0 Å². The first kappa shape index (κ1) is 20.2. The largest absolute Gasteiger partial charge is 0.334 e. The van der Waals surface area contributed by atoms with E-state index < -0.39 is 15.8 Å². The zero-order valence-corrected chi connectivity index (χ0v) is 17.5. The number of aryl methyl sites for hydroxylation is 2. The van der Waals surface area contributed by atoms with Gasteiger partial charge in [0.05, 0.1) is 24.3 Å². The lowest BCUT2D eigenvalue weighted by molar-refractivity contribution is 0.461. The van der Waals surface area contributed by atoms with Gasteiger partial charge in [0.15, 0.2) is 0 Å². The van der Waals surface area contributed by atoms with Gasteiger partial charge < -0.3 is 9.47 Å². The van der Waals surface area contributed by atoms with Crippen molar-refractivity contribution in [2.75, 3.05) is 25.3 Å². The molecular formula is C19H24FN5O2S. The Hall–Kier alpha value is -2.52. The molecule has 28 heavy (non-hydrogen) atoms. The lowest BCUT2D eigenvalue weighted by Crippen LogP contribution is -2.25. The van der Waals surface area contributed by atoms with Crippen molar-refractivity contribution in [1.29, 1.82) is 0 Å². The highest BCUT2D eigenvalue weighted by Gasteiger charge is 2.18. The maximum atomic E-state index is 14.8. The minimum Gasteiger partial charge on any atom is -0.334 e. The molecule has 0 saturated heterocycles. The number of benzene rings is 1. The van der Waals surface area contributed by atoms with Crippen molar-refractivity contribution in [3.8, 4) is 0 Å². The third-order valence-electron chi connectivity index (χ3n) is 4.89. The van der Waals surface area contributed by atoms with Gasteiger partial charge in [-0.3, -0.25) is 0 Å². The van der Waals surface area contributed by atoms with Gasteiger partial charge in [0, 0.05) is 45.0 Å². The average molecular weight is 405 g/mol. The van der Waals surface area contributed by atoms with Gasteiger partial charge >= 0.3 is 0 Å². The summed E-state index contributed by atoms with van der Waals surface area (Å²) in [6.07, 6.45) is 5.19. The number of halogens is 1. The van der Waals surface area contributed by atoms with E-state index in [9.17, 15) is 12.8 Å². The van der Waals surface area contributed by atoms with Crippen LogP contribution in [0.25, 0.3) is 11.0 Å². The van der Waals surface area contributed by atoms with Gasteiger partial charge in [-0.05, 0) is 24.1 Å². The maximum Gasteiger partial charge on any atom is 0.211 e. The SMILES string of the molecule is CCc1cc(CN(C)S(C)(=O)=O)c(F)cc1N(C)c1cc2c(cn1)ncn2C. The summed E-state index contributed by atoms with van der Waals surface area (Å²) in [5.74, 6) is 0.224. The van der Waals surface area contributed by atoms with Crippen molar-refractivity contribution in [2.24, 2.45) is 7.05 Å². The fourth-order valence-corrected chi connectivity index (χ4v) is 3.43. The van der Waals surface area contributed by atoms with E-state index in [2.05, 4.69) is 9.97 Å². The first-order valence-corrected chi connectivity index (χ1v) is 10.7. The first-order chi connectivity index (χ1) is 13.1. The number of pyridine rings is 1. The normalized spacial score (nSPS) is 12.1. The van der Waals surface area contributed by atoms with Crippen LogP contribution in [0.5, 0.6) is 0 Å². The van der Waals surface area contributed by atoms with Gasteiger partial charge in [-0.1, -0.05) is 6.92 Å². The van der Waals surface area contributed by atoms with Crippen LogP contribution in [0.15, 0.2) is 30.7 Å². The highest BCUT2D eigenvalue weighted by atomic mass is 32.2. The van der Waals surface area contributed by atoms with Crippen LogP contribution in [-0.4, -0.2) is 47.6 Å². The van der Waals surface area contributed by atoms with E-state index in [1.165, 1.54) is 13.1 Å². The summed E-state index contributed by atoms with van der Waals surface area (Å²) in [7, 11) is 1.79. The number of imidazole rings is 1. The summed E-state index contributed by atoms with van der Waals surface area (Å²) < 4.78 is 41.1. The van der Waals surface area contributed by atoms with E-state index in [-0.39, 0.29) is 6.54 Å². The fourth-order valence-electron chi connectivity index (χ4n) is 3.06. The summed E-state index contributed by atoms with van der Waals surface area (Å²) in [4.78, 5) is 10.5. The van der Waals surface area contributed by atoms with Gasteiger partial charge in [-0.2, -0.15) is 0 Å². The van der Waals surface area contributed by atoms with E-state index in [0.717, 1.165) is 27.2 Å². The minimum atomic E-state index is -3.39. The molecule has 2 aromatic heterocycles. The molecule has 0 N–H and O–H groups in total. The van der Waals surface area contributed by atoms with Crippen LogP contribution < -0.4 is 4.90 Å². The molecule has 3 rings (SSSR count). The predicted octanol–water partition coefficient (Wildman–Crippen LogP) is 2.83. The molecule has 0 atom stereocenters. The summed E-state index contributed by atoms with van der Waals surface area (Å²) in [6, 6.07) is 5.08. The Morgan fingerprint density at radius 3 is 2.50 bits per heavy atom. The number of aromatic nitrogens is 3. The molecule has 0 saturated carbocycles. The van der Waals surface area contributed by atoms with Crippen LogP contribution in [-0.2, 0) is 30.0 Å². The van der Waals surface area contributed by atoms with Gasteiger partial charge in [0.2, 0.25) is 10.0 Å². The molecule has 0 aliphatic carbocycles. The number of fused-ring (bicyclic) bond motifs is 1. The molecule has 1 aromatic carbocycles. The van der Waals surface area contributed by atoms with E-state index in [4.69, 9.17) is 0 Å². The monoisotopic (exact) mass is 405 g/mol. The lowest BCUT2D eigenvalue weighted by atomic mass is 10.0. The second-order valence-corrected chi connectivity index (χ2v) is 8.98. The second-order valence-electron chi connectivity index (χ2n) is 6.89. The third kappa shape index (κ3) is 3.85. The summed E-state index contributed by atoms with van der Waals surface area (Å²) >= 11 is 0. The highest BCUT2D eigenvalue weighted by molar-refractivity contribution is 7.88. The summed E-state index contributed by atoms with van der Waals surface area (Å²) in [5, 5.41) is 0. The molecule has 3 aromatic rings. The van der Waals surface area contributed by atoms with E-state index in [1.807, 2.05) is 36.6 Å². The summed E-state index contributed by atoms with van der Waals surface area (Å²) in [6.45, 7) is 1.97. The molecule has 7 nitrogen and oxygen atoms in total. The molecule has 0 aliphatic rings. The van der Waals surface area contributed by atoms with Crippen molar-refractivity contribution in [1.82, 2.24) is 18.8 Å². The standard InChI is InChI=1S/C19H24FN5O2S/c1-6-13-7-14(11-24(3)28(5,26)27)15(20)8-17(13)25(4)19-9-18-16(10-21-19)22-12-23(18)2/h7-10,12H,6,11H2,1-5H3. The number of hydrogen-bond acceptors (Lipinski definition) is 5. The Kier molecular flexibility index (Phi) is 5.40. The van der Waals surface area contributed by atoms with Gasteiger partial charge in [-0.15, -0.1) is 0 Å². The van der Waals surface area contributed by atoms with Crippen LogP contribution in [0.3, 0.4) is 0 Å².